The largest absolute Gasteiger partial charge is 0.454 e. The molecule has 3 rings (SSSR count). The van der Waals surface area contributed by atoms with E-state index in [9.17, 15) is 0 Å². The number of rotatable bonds is 2. The van der Waals surface area contributed by atoms with Gasteiger partial charge in [-0.2, -0.15) is 0 Å². The summed E-state index contributed by atoms with van der Waals surface area (Å²) in [7, 11) is 0. The first-order valence-corrected chi connectivity index (χ1v) is 6.28. The van der Waals surface area contributed by atoms with E-state index in [2.05, 4.69) is 22.9 Å². The lowest BCUT2D eigenvalue weighted by Gasteiger charge is -2.22. The zero-order valence-corrected chi connectivity index (χ0v) is 10.7. The Morgan fingerprint density at radius 2 is 2.12 bits per heavy atom. The Morgan fingerprint density at radius 1 is 1.38 bits per heavy atom. The van der Waals surface area contributed by atoms with Crippen molar-refractivity contribution in [3.05, 3.63) is 22.2 Å². The minimum atomic E-state index is 0.0812. The molecule has 0 saturated heterocycles. The quantitative estimate of drug-likeness (QED) is 0.907. The molecule has 0 spiro atoms. The molecule has 0 bridgehead atoms. The molecule has 1 aliphatic carbocycles. The molecule has 1 saturated carbocycles. The third-order valence-electron chi connectivity index (χ3n) is 3.65. The number of ether oxygens (including phenoxy) is 2. The van der Waals surface area contributed by atoms with E-state index in [4.69, 9.17) is 15.2 Å². The molecule has 1 aromatic rings. The fourth-order valence-corrected chi connectivity index (χ4v) is 3.19. The molecule has 1 fully saturated rings. The summed E-state index contributed by atoms with van der Waals surface area (Å²) in [5.41, 5.74) is 7.38. The lowest BCUT2D eigenvalue weighted by Crippen LogP contribution is -2.32. The minimum Gasteiger partial charge on any atom is -0.454 e. The van der Waals surface area contributed by atoms with Crippen molar-refractivity contribution in [2.45, 2.75) is 31.2 Å². The standard InChI is InChI=1S/C12H14BrNO2/c1-7(14)12(4-5-12)10-8(13)2-3-9-11(10)16-6-15-9/h2-3,7H,4-6,14H2,1H3. The summed E-state index contributed by atoms with van der Waals surface area (Å²) in [6.07, 6.45) is 2.26. The Balaban J connectivity index is 2.17. The third-order valence-corrected chi connectivity index (χ3v) is 4.31. The van der Waals surface area contributed by atoms with E-state index in [1.165, 1.54) is 5.56 Å². The summed E-state index contributed by atoms with van der Waals surface area (Å²) in [4.78, 5) is 0. The first-order valence-electron chi connectivity index (χ1n) is 5.49. The lowest BCUT2D eigenvalue weighted by atomic mass is 9.88. The maximum Gasteiger partial charge on any atom is 0.231 e. The molecular formula is C12H14BrNO2. The molecule has 4 heteroatoms. The van der Waals surface area contributed by atoms with Crippen LogP contribution in [0, 0.1) is 0 Å². The Labute approximate surface area is 103 Å². The molecule has 86 valence electrons. The van der Waals surface area contributed by atoms with Gasteiger partial charge in [0.1, 0.15) is 0 Å². The van der Waals surface area contributed by atoms with Crippen molar-refractivity contribution in [2.24, 2.45) is 5.73 Å². The maximum atomic E-state index is 6.11. The first kappa shape index (κ1) is 10.4. The Hall–Kier alpha value is -0.740. The van der Waals surface area contributed by atoms with Gasteiger partial charge in [0, 0.05) is 21.5 Å². The SMILES string of the molecule is CC(N)C1(c2c(Br)ccc3c2OCO3)CC1. The van der Waals surface area contributed by atoms with Crippen LogP contribution < -0.4 is 15.2 Å². The molecule has 16 heavy (non-hydrogen) atoms. The molecule has 0 aromatic heterocycles. The smallest absolute Gasteiger partial charge is 0.231 e. The van der Waals surface area contributed by atoms with Gasteiger partial charge in [0.15, 0.2) is 11.5 Å². The Morgan fingerprint density at radius 3 is 2.75 bits per heavy atom. The number of nitrogens with two attached hydrogens (primary N) is 1. The van der Waals surface area contributed by atoms with Crippen molar-refractivity contribution in [1.82, 2.24) is 0 Å². The van der Waals surface area contributed by atoms with E-state index in [0.717, 1.165) is 28.8 Å². The van der Waals surface area contributed by atoms with E-state index >= 15 is 0 Å². The van der Waals surface area contributed by atoms with Gasteiger partial charge in [-0.3, -0.25) is 0 Å². The highest BCUT2D eigenvalue weighted by molar-refractivity contribution is 9.10. The van der Waals surface area contributed by atoms with Crippen LogP contribution in [0.2, 0.25) is 0 Å². The van der Waals surface area contributed by atoms with Crippen molar-refractivity contribution in [2.75, 3.05) is 6.79 Å². The molecule has 3 nitrogen and oxygen atoms in total. The molecule has 0 radical (unpaired) electrons. The van der Waals surface area contributed by atoms with Crippen molar-refractivity contribution in [1.29, 1.82) is 0 Å². The topological polar surface area (TPSA) is 44.5 Å². The summed E-state index contributed by atoms with van der Waals surface area (Å²) >= 11 is 3.60. The van der Waals surface area contributed by atoms with Crippen LogP contribution in [0.4, 0.5) is 0 Å². The molecule has 1 aliphatic heterocycles. The van der Waals surface area contributed by atoms with Gasteiger partial charge in [-0.15, -0.1) is 0 Å². The second-order valence-corrected chi connectivity index (χ2v) is 5.46. The summed E-state index contributed by atoms with van der Waals surface area (Å²) in [6, 6.07) is 4.10. The average Bonchev–Trinajstić information content (AvgIpc) is 2.90. The highest BCUT2D eigenvalue weighted by Gasteiger charge is 2.51. The van der Waals surface area contributed by atoms with E-state index in [-0.39, 0.29) is 11.5 Å². The predicted octanol–water partition coefficient (Wildman–Crippen LogP) is 2.56. The van der Waals surface area contributed by atoms with Crippen LogP contribution in [0.3, 0.4) is 0 Å². The number of hydrogen-bond donors (Lipinski definition) is 1. The number of hydrogen-bond acceptors (Lipinski definition) is 3. The maximum absolute atomic E-state index is 6.11. The van der Waals surface area contributed by atoms with Crippen LogP contribution in [0.15, 0.2) is 16.6 Å². The fourth-order valence-electron chi connectivity index (χ4n) is 2.48. The number of halogens is 1. The van der Waals surface area contributed by atoms with Crippen molar-refractivity contribution >= 4 is 15.9 Å². The number of benzene rings is 1. The Kier molecular flexibility index (Phi) is 2.20. The first-order chi connectivity index (χ1) is 7.65. The molecular weight excluding hydrogens is 270 g/mol. The molecule has 2 aliphatic rings. The van der Waals surface area contributed by atoms with Gasteiger partial charge in [0.2, 0.25) is 6.79 Å². The summed E-state index contributed by atoms with van der Waals surface area (Å²) in [5, 5.41) is 0. The van der Waals surface area contributed by atoms with E-state index in [1.54, 1.807) is 0 Å². The van der Waals surface area contributed by atoms with E-state index < -0.39 is 0 Å². The van der Waals surface area contributed by atoms with Gasteiger partial charge in [-0.1, -0.05) is 15.9 Å². The normalized spacial score (nSPS) is 21.9. The molecule has 1 heterocycles. The van der Waals surface area contributed by atoms with Crippen molar-refractivity contribution in [3.63, 3.8) is 0 Å². The van der Waals surface area contributed by atoms with Crippen LogP contribution in [0.25, 0.3) is 0 Å². The highest BCUT2D eigenvalue weighted by Crippen LogP contribution is 2.58. The summed E-state index contributed by atoms with van der Waals surface area (Å²) in [5.74, 6) is 1.72. The summed E-state index contributed by atoms with van der Waals surface area (Å²) in [6.45, 7) is 2.38. The van der Waals surface area contributed by atoms with Crippen LogP contribution in [0.5, 0.6) is 11.5 Å². The highest BCUT2D eigenvalue weighted by atomic mass is 79.9. The van der Waals surface area contributed by atoms with Gasteiger partial charge in [-0.25, -0.2) is 0 Å². The zero-order valence-electron chi connectivity index (χ0n) is 9.13. The molecule has 1 atom stereocenters. The average molecular weight is 284 g/mol. The third kappa shape index (κ3) is 1.29. The van der Waals surface area contributed by atoms with Gasteiger partial charge in [0.05, 0.1) is 0 Å². The second kappa shape index (κ2) is 3.37. The molecule has 2 N–H and O–H groups in total. The zero-order chi connectivity index (χ0) is 11.3. The van der Waals surface area contributed by atoms with Crippen LogP contribution >= 0.6 is 15.9 Å². The van der Waals surface area contributed by atoms with Gasteiger partial charge in [-0.05, 0) is 31.9 Å². The summed E-state index contributed by atoms with van der Waals surface area (Å²) < 4.78 is 12.1. The Bertz CT molecular complexity index is 441. The molecule has 1 unspecified atom stereocenters. The van der Waals surface area contributed by atoms with Gasteiger partial charge in [0.25, 0.3) is 0 Å². The van der Waals surface area contributed by atoms with Crippen LogP contribution in [-0.2, 0) is 5.41 Å². The molecule has 1 aromatic carbocycles. The number of fused-ring (bicyclic) bond motifs is 1. The fraction of sp³-hybridized carbons (Fsp3) is 0.500. The van der Waals surface area contributed by atoms with Crippen molar-refractivity contribution in [3.8, 4) is 11.5 Å². The minimum absolute atomic E-state index is 0.0812. The monoisotopic (exact) mass is 283 g/mol. The lowest BCUT2D eigenvalue weighted by molar-refractivity contribution is 0.172. The van der Waals surface area contributed by atoms with Crippen LogP contribution in [-0.4, -0.2) is 12.8 Å². The molecule has 0 amide bonds. The van der Waals surface area contributed by atoms with Crippen molar-refractivity contribution < 1.29 is 9.47 Å². The van der Waals surface area contributed by atoms with Gasteiger partial charge >= 0.3 is 0 Å². The van der Waals surface area contributed by atoms with Gasteiger partial charge < -0.3 is 15.2 Å². The van der Waals surface area contributed by atoms with Crippen LogP contribution in [0.1, 0.15) is 25.3 Å². The predicted molar refractivity (Wildman–Crippen MR) is 64.8 cm³/mol. The van der Waals surface area contributed by atoms with E-state index in [0.29, 0.717) is 6.79 Å². The van der Waals surface area contributed by atoms with E-state index in [1.807, 2.05) is 12.1 Å². The second-order valence-electron chi connectivity index (χ2n) is 4.60.